The lowest BCUT2D eigenvalue weighted by atomic mass is 10.3. The minimum Gasteiger partial charge on any atom is -0.353 e. The maximum absolute atomic E-state index is 11.5. The van der Waals surface area contributed by atoms with Crippen LogP contribution in [0.3, 0.4) is 0 Å². The highest BCUT2D eigenvalue weighted by Gasteiger charge is 2.21. The molecule has 98 valence electrons. The first-order chi connectivity index (χ1) is 8.02. The molecule has 0 bridgehead atoms. The summed E-state index contributed by atoms with van der Waals surface area (Å²) in [5.74, 6) is 0.0449. The molecule has 1 rings (SSSR count). The third-order valence-corrected chi connectivity index (χ3v) is 2.88. The first kappa shape index (κ1) is 14.3. The van der Waals surface area contributed by atoms with Gasteiger partial charge in [-0.1, -0.05) is 0 Å². The number of nitrogens with zero attached hydrogens (tertiary/aromatic N) is 2. The molecule has 0 unspecified atom stereocenters. The van der Waals surface area contributed by atoms with Gasteiger partial charge < -0.3 is 10.2 Å². The molecule has 0 aliphatic carbocycles. The number of rotatable bonds is 4. The maximum atomic E-state index is 11.5. The van der Waals surface area contributed by atoms with Crippen molar-refractivity contribution in [2.24, 2.45) is 0 Å². The number of nitrogens with one attached hydrogen (secondary N) is 1. The van der Waals surface area contributed by atoms with Gasteiger partial charge in [0.15, 0.2) is 0 Å². The van der Waals surface area contributed by atoms with E-state index in [2.05, 4.69) is 10.2 Å². The third-order valence-electron chi connectivity index (χ3n) is 2.66. The largest absolute Gasteiger partial charge is 0.353 e. The number of carbonyl (C=O) groups is 2. The summed E-state index contributed by atoms with van der Waals surface area (Å²) < 4.78 is 0. The average Bonchev–Trinajstić information content (AvgIpc) is 2.28. The molecular weight excluding hydrogens is 242 g/mol. The molecule has 0 spiro atoms. The van der Waals surface area contributed by atoms with E-state index < -0.39 is 0 Å². The fourth-order valence-corrected chi connectivity index (χ4v) is 1.98. The first-order valence-electron chi connectivity index (χ1n) is 5.88. The van der Waals surface area contributed by atoms with Crippen LogP contribution in [0.1, 0.15) is 13.8 Å². The van der Waals surface area contributed by atoms with Crippen molar-refractivity contribution >= 4 is 23.4 Å². The van der Waals surface area contributed by atoms with Gasteiger partial charge in [-0.3, -0.25) is 14.5 Å². The second-order valence-electron chi connectivity index (χ2n) is 4.51. The van der Waals surface area contributed by atoms with E-state index in [-0.39, 0.29) is 23.7 Å². The van der Waals surface area contributed by atoms with Crippen molar-refractivity contribution in [3.05, 3.63) is 0 Å². The second-order valence-corrected chi connectivity index (χ2v) is 4.78. The van der Waals surface area contributed by atoms with Crippen LogP contribution >= 0.6 is 11.6 Å². The molecule has 0 atom stereocenters. The molecule has 0 saturated carbocycles. The second kappa shape index (κ2) is 6.81. The topological polar surface area (TPSA) is 52.7 Å². The normalized spacial score (nSPS) is 17.3. The van der Waals surface area contributed by atoms with E-state index in [1.165, 1.54) is 0 Å². The molecule has 2 amide bonds. The van der Waals surface area contributed by atoms with Crippen LogP contribution in [-0.2, 0) is 9.59 Å². The van der Waals surface area contributed by atoms with E-state index in [4.69, 9.17) is 11.6 Å². The van der Waals surface area contributed by atoms with E-state index in [1.54, 1.807) is 4.90 Å². The Kier molecular flexibility index (Phi) is 5.71. The van der Waals surface area contributed by atoms with Crippen molar-refractivity contribution in [1.82, 2.24) is 15.1 Å². The number of hydrogen-bond donors (Lipinski definition) is 1. The summed E-state index contributed by atoms with van der Waals surface area (Å²) >= 11 is 5.49. The summed E-state index contributed by atoms with van der Waals surface area (Å²) in [6.07, 6.45) is 0. The van der Waals surface area contributed by atoms with Gasteiger partial charge in [0.2, 0.25) is 11.8 Å². The van der Waals surface area contributed by atoms with Crippen molar-refractivity contribution in [2.45, 2.75) is 19.9 Å². The summed E-state index contributed by atoms with van der Waals surface area (Å²) in [5.41, 5.74) is 0. The number of halogens is 1. The summed E-state index contributed by atoms with van der Waals surface area (Å²) in [6.45, 7) is 7.05. The van der Waals surface area contributed by atoms with Gasteiger partial charge in [0, 0.05) is 32.2 Å². The molecule has 1 N–H and O–H groups in total. The zero-order valence-electron chi connectivity index (χ0n) is 10.4. The van der Waals surface area contributed by atoms with Crippen LogP contribution in [0.25, 0.3) is 0 Å². The third kappa shape index (κ3) is 4.91. The molecule has 0 aromatic carbocycles. The van der Waals surface area contributed by atoms with Crippen LogP contribution in [0, 0.1) is 0 Å². The van der Waals surface area contributed by atoms with E-state index in [1.807, 2.05) is 13.8 Å². The van der Waals surface area contributed by atoms with Crippen molar-refractivity contribution in [2.75, 3.05) is 38.6 Å². The minimum absolute atomic E-state index is 0.0297. The fourth-order valence-electron chi connectivity index (χ4n) is 1.81. The number of carbonyl (C=O) groups excluding carboxylic acids is 2. The zero-order valence-corrected chi connectivity index (χ0v) is 11.2. The number of amides is 2. The zero-order chi connectivity index (χ0) is 12.8. The van der Waals surface area contributed by atoms with Crippen molar-refractivity contribution in [1.29, 1.82) is 0 Å². The Hall–Kier alpha value is -0.810. The highest BCUT2D eigenvalue weighted by Crippen LogP contribution is 2.02. The van der Waals surface area contributed by atoms with Crippen LogP contribution in [0.15, 0.2) is 0 Å². The fraction of sp³-hybridized carbons (Fsp3) is 0.818. The van der Waals surface area contributed by atoms with Gasteiger partial charge >= 0.3 is 0 Å². The van der Waals surface area contributed by atoms with Gasteiger partial charge in [-0.05, 0) is 13.8 Å². The van der Waals surface area contributed by atoms with Crippen molar-refractivity contribution in [3.8, 4) is 0 Å². The standard InChI is InChI=1S/C11H20ClN3O2/c1-9(2)13-10(16)8-14-3-5-15(6-4-14)11(17)7-12/h9H,3-8H2,1-2H3,(H,13,16). The van der Waals surface area contributed by atoms with Gasteiger partial charge in [0.25, 0.3) is 0 Å². The summed E-state index contributed by atoms with van der Waals surface area (Å²) in [6, 6.07) is 0.168. The quantitative estimate of drug-likeness (QED) is 0.719. The van der Waals surface area contributed by atoms with Crippen LogP contribution in [-0.4, -0.2) is 66.3 Å². The molecule has 1 aliphatic heterocycles. The average molecular weight is 262 g/mol. The molecule has 0 aromatic rings. The Morgan fingerprint density at radius 2 is 1.82 bits per heavy atom. The van der Waals surface area contributed by atoms with Gasteiger partial charge in [-0.2, -0.15) is 0 Å². The monoisotopic (exact) mass is 261 g/mol. The maximum Gasteiger partial charge on any atom is 0.237 e. The summed E-state index contributed by atoms with van der Waals surface area (Å²) in [5, 5.41) is 2.85. The van der Waals surface area contributed by atoms with Gasteiger partial charge in [-0.25, -0.2) is 0 Å². The van der Waals surface area contributed by atoms with E-state index in [0.29, 0.717) is 19.6 Å². The molecular formula is C11H20ClN3O2. The highest BCUT2D eigenvalue weighted by molar-refractivity contribution is 6.27. The molecule has 0 aromatic heterocycles. The Balaban J connectivity index is 2.27. The Morgan fingerprint density at radius 1 is 1.24 bits per heavy atom. The van der Waals surface area contributed by atoms with Crippen LogP contribution in [0.5, 0.6) is 0 Å². The molecule has 6 heteroatoms. The molecule has 1 saturated heterocycles. The number of hydrogen-bond acceptors (Lipinski definition) is 3. The van der Waals surface area contributed by atoms with Gasteiger partial charge in [-0.15, -0.1) is 11.6 Å². The summed E-state index contributed by atoms with van der Waals surface area (Å²) in [4.78, 5) is 26.7. The molecule has 1 heterocycles. The van der Waals surface area contributed by atoms with Crippen molar-refractivity contribution in [3.63, 3.8) is 0 Å². The number of piperazine rings is 1. The van der Waals surface area contributed by atoms with Crippen molar-refractivity contribution < 1.29 is 9.59 Å². The Bertz CT molecular complexity index is 276. The van der Waals surface area contributed by atoms with Gasteiger partial charge in [0.1, 0.15) is 5.88 Å². The van der Waals surface area contributed by atoms with E-state index >= 15 is 0 Å². The predicted octanol–water partition coefficient (Wildman–Crippen LogP) is -0.106. The minimum atomic E-state index is -0.0297. The first-order valence-corrected chi connectivity index (χ1v) is 6.42. The van der Waals surface area contributed by atoms with E-state index in [0.717, 1.165) is 13.1 Å². The number of alkyl halides is 1. The predicted molar refractivity (Wildman–Crippen MR) is 67.0 cm³/mol. The summed E-state index contributed by atoms with van der Waals surface area (Å²) in [7, 11) is 0. The SMILES string of the molecule is CC(C)NC(=O)CN1CCN(C(=O)CCl)CC1. The molecule has 1 aliphatic rings. The van der Waals surface area contributed by atoms with E-state index in [9.17, 15) is 9.59 Å². The molecule has 17 heavy (non-hydrogen) atoms. The molecule has 0 radical (unpaired) electrons. The smallest absolute Gasteiger partial charge is 0.237 e. The Labute approximate surface area is 107 Å². The van der Waals surface area contributed by atoms with Gasteiger partial charge in [0.05, 0.1) is 6.54 Å². The van der Waals surface area contributed by atoms with Crippen LogP contribution in [0.2, 0.25) is 0 Å². The lowest BCUT2D eigenvalue weighted by Crippen LogP contribution is -2.51. The highest BCUT2D eigenvalue weighted by atomic mass is 35.5. The molecule has 5 nitrogen and oxygen atoms in total. The van der Waals surface area contributed by atoms with Crippen LogP contribution < -0.4 is 5.32 Å². The molecule has 1 fully saturated rings. The van der Waals surface area contributed by atoms with Crippen LogP contribution in [0.4, 0.5) is 0 Å². The lowest BCUT2D eigenvalue weighted by Gasteiger charge is -2.34. The lowest BCUT2D eigenvalue weighted by molar-refractivity contribution is -0.130. The Morgan fingerprint density at radius 3 is 2.29 bits per heavy atom.